The molecular formula is C39H64O14S2. The molecule has 2 heterocycles. The maximum absolute atomic E-state index is 12.3. The third-order valence-corrected chi connectivity index (χ3v) is 14.5. The Labute approximate surface area is 334 Å². The van der Waals surface area contributed by atoms with Gasteiger partial charge < -0.3 is 18.9 Å². The highest BCUT2D eigenvalue weighted by Gasteiger charge is 2.54. The van der Waals surface area contributed by atoms with Crippen molar-refractivity contribution in [1.29, 1.82) is 0 Å². The topological polar surface area (TPSA) is 145 Å². The van der Waals surface area contributed by atoms with Crippen LogP contribution in [0.5, 0.6) is 0 Å². The number of carbonyl (C=O) groups excluding carboxylic acids is 2. The van der Waals surface area contributed by atoms with E-state index >= 15 is 0 Å². The van der Waals surface area contributed by atoms with E-state index in [0.29, 0.717) is 74.7 Å². The molecule has 55 heavy (non-hydrogen) atoms. The van der Waals surface area contributed by atoms with Crippen LogP contribution in [0.1, 0.15) is 144 Å². The lowest BCUT2D eigenvalue weighted by Gasteiger charge is -2.48. The summed E-state index contributed by atoms with van der Waals surface area (Å²) in [5, 5.41) is 0.761. The zero-order valence-electron chi connectivity index (χ0n) is 33.7. The van der Waals surface area contributed by atoms with E-state index in [0.717, 1.165) is 56.5 Å². The van der Waals surface area contributed by atoms with Gasteiger partial charge in [-0.3, -0.25) is 0 Å². The van der Waals surface area contributed by atoms with Gasteiger partial charge in [-0.25, -0.2) is 9.59 Å². The summed E-state index contributed by atoms with van der Waals surface area (Å²) in [6.07, 6.45) is 9.12. The van der Waals surface area contributed by atoms with Gasteiger partial charge in [-0.2, -0.15) is 39.1 Å². The summed E-state index contributed by atoms with van der Waals surface area (Å²) in [5.74, 6) is -1.17. The van der Waals surface area contributed by atoms with E-state index < -0.39 is 35.5 Å². The summed E-state index contributed by atoms with van der Waals surface area (Å²) >= 11 is 3.25. The molecule has 4 saturated carbocycles. The maximum atomic E-state index is 12.3. The molecule has 4 spiro atoms. The predicted molar refractivity (Wildman–Crippen MR) is 202 cm³/mol. The van der Waals surface area contributed by atoms with Crippen molar-refractivity contribution in [3.8, 4) is 0 Å². The number of carbonyl (C=O) groups is 2. The summed E-state index contributed by atoms with van der Waals surface area (Å²) in [7, 11) is 0. The van der Waals surface area contributed by atoms with Gasteiger partial charge in [0.15, 0.2) is 0 Å². The molecule has 14 nitrogen and oxygen atoms in total. The fourth-order valence-electron chi connectivity index (χ4n) is 8.36. The summed E-state index contributed by atoms with van der Waals surface area (Å²) in [6.45, 7) is 14.1. The largest absolute Gasteiger partial charge is 0.508 e. The van der Waals surface area contributed by atoms with Gasteiger partial charge in [0.25, 0.3) is 0 Å². The molecule has 16 heteroatoms. The third-order valence-electron chi connectivity index (χ3n) is 12.3. The first kappa shape index (κ1) is 43.5. The molecular weight excluding hydrogens is 757 g/mol. The van der Waals surface area contributed by atoms with E-state index in [1.165, 1.54) is 0 Å². The fourth-order valence-corrected chi connectivity index (χ4v) is 10.2. The van der Waals surface area contributed by atoms with Crippen molar-refractivity contribution < 1.29 is 67.6 Å². The molecule has 0 amide bonds. The predicted octanol–water partition coefficient (Wildman–Crippen LogP) is 9.68. The highest BCUT2D eigenvalue weighted by atomic mass is 32.2. The zero-order chi connectivity index (χ0) is 39.2. The van der Waals surface area contributed by atoms with Gasteiger partial charge in [0, 0.05) is 68.0 Å². The van der Waals surface area contributed by atoms with Gasteiger partial charge in [0.2, 0.25) is 23.1 Å². The molecule has 316 valence electrons. The van der Waals surface area contributed by atoms with Crippen molar-refractivity contribution in [3.63, 3.8) is 0 Å². The van der Waals surface area contributed by atoms with E-state index in [1.54, 1.807) is 23.5 Å². The van der Waals surface area contributed by atoms with Crippen LogP contribution in [-0.4, -0.2) is 77.5 Å². The minimum atomic E-state index is -0.975. The summed E-state index contributed by atoms with van der Waals surface area (Å²) in [6, 6.07) is 0. The first-order chi connectivity index (χ1) is 26.1. The molecule has 6 rings (SSSR count). The van der Waals surface area contributed by atoms with Crippen LogP contribution in [0, 0.1) is 22.7 Å². The molecule has 0 unspecified atom stereocenters. The van der Waals surface area contributed by atoms with Crippen molar-refractivity contribution in [2.45, 2.75) is 180 Å². The Kier molecular flexibility index (Phi) is 14.6. The number of hydrogen-bond acceptors (Lipinski definition) is 16. The highest BCUT2D eigenvalue weighted by molar-refractivity contribution is 8.15. The summed E-state index contributed by atoms with van der Waals surface area (Å²) in [4.78, 5) is 71.2. The van der Waals surface area contributed by atoms with Gasteiger partial charge in [-0.15, -0.1) is 23.5 Å². The average molecular weight is 821 g/mol. The maximum Gasteiger partial charge on any atom is 0.508 e. The molecule has 2 saturated heterocycles. The number of ether oxygens (including phenoxy) is 4. The van der Waals surface area contributed by atoms with Crippen molar-refractivity contribution in [2.24, 2.45) is 22.7 Å². The van der Waals surface area contributed by atoms with Crippen molar-refractivity contribution in [1.82, 2.24) is 0 Å². The fraction of sp³-hybridized carbons (Fsp3) is 0.949. The Hall–Kier alpha value is -1.08. The van der Waals surface area contributed by atoms with E-state index in [2.05, 4.69) is 41.5 Å². The molecule has 0 aromatic heterocycles. The van der Waals surface area contributed by atoms with Crippen LogP contribution in [0.2, 0.25) is 0 Å². The van der Waals surface area contributed by atoms with E-state index in [1.807, 2.05) is 0 Å². The molecule has 4 aliphatic carbocycles. The van der Waals surface area contributed by atoms with Crippen LogP contribution in [0.15, 0.2) is 0 Å². The highest BCUT2D eigenvalue weighted by Crippen LogP contribution is 2.50. The first-order valence-electron chi connectivity index (χ1n) is 20.4. The Morgan fingerprint density at radius 2 is 0.764 bits per heavy atom. The first-order valence-corrected chi connectivity index (χ1v) is 22.7. The van der Waals surface area contributed by atoms with Gasteiger partial charge in [-0.1, -0.05) is 41.5 Å². The Bertz CT molecular complexity index is 1120. The molecule has 6 fully saturated rings. The lowest BCUT2D eigenvalue weighted by Crippen LogP contribution is -2.54. The van der Waals surface area contributed by atoms with E-state index in [9.17, 15) is 9.59 Å². The lowest BCUT2D eigenvalue weighted by molar-refractivity contribution is -0.663. The monoisotopic (exact) mass is 820 g/mol. The summed E-state index contributed by atoms with van der Waals surface area (Å²) in [5.41, 5.74) is 0.501. The molecule has 0 atom stereocenters. The van der Waals surface area contributed by atoms with Crippen LogP contribution >= 0.6 is 23.5 Å². The minimum Gasteiger partial charge on any atom is -0.433 e. The average Bonchev–Trinajstić information content (AvgIpc) is 3.15. The zero-order valence-corrected chi connectivity index (χ0v) is 35.3. The van der Waals surface area contributed by atoms with Crippen LogP contribution in [0.3, 0.4) is 0 Å². The van der Waals surface area contributed by atoms with Crippen molar-refractivity contribution in [3.05, 3.63) is 0 Å². The molecule has 0 aromatic carbocycles. The SMILES string of the molecule is CC(C)(C)C1CCC2(CC1)OOC1(CCC(OC(=O)OCCSCSCCOC(=O)OC3CCC4(CC3)OOC3(CCC(C(C)(C)C)CC3)OO4)CC1)OO2. The standard InChI is InChI=1S/C39H64O14S2/c1-34(2,3)28-7-15-36(16-8-28)46-50-38(51-47-36)19-11-30(12-20-38)44-32(40)42-23-25-54-27-55-26-24-43-33(41)45-31-13-21-39(22-14-31)52-48-37(49-53-39)17-9-29(10-18-37)35(4,5)6/h28-31H,7-27H2,1-6H3. The lowest BCUT2D eigenvalue weighted by atomic mass is 9.71. The number of rotatable bonds is 10. The quantitative estimate of drug-likeness (QED) is 0.0891. The van der Waals surface area contributed by atoms with Gasteiger partial charge in [0.05, 0.1) is 0 Å². The van der Waals surface area contributed by atoms with E-state index in [4.69, 9.17) is 58.0 Å². The second-order valence-electron chi connectivity index (χ2n) is 18.4. The molecule has 2 aliphatic heterocycles. The number of thioether (sulfide) groups is 2. The second kappa shape index (κ2) is 18.5. The van der Waals surface area contributed by atoms with Gasteiger partial charge in [0.1, 0.15) is 25.4 Å². The van der Waals surface area contributed by atoms with Gasteiger partial charge >= 0.3 is 12.3 Å². The van der Waals surface area contributed by atoms with Crippen LogP contribution in [0.4, 0.5) is 9.59 Å². The molecule has 0 radical (unpaired) electrons. The Balaban J connectivity index is 0.732. The molecule has 0 bridgehead atoms. The van der Waals surface area contributed by atoms with Crippen LogP contribution in [-0.2, 0) is 58.0 Å². The second-order valence-corrected chi connectivity index (χ2v) is 20.9. The Morgan fingerprint density at radius 3 is 1.04 bits per heavy atom. The summed E-state index contributed by atoms with van der Waals surface area (Å²) < 4.78 is 21.6. The van der Waals surface area contributed by atoms with E-state index in [-0.39, 0.29) is 36.3 Å². The molecule has 0 aromatic rings. The third kappa shape index (κ3) is 12.0. The number of hydrogen-bond donors (Lipinski definition) is 0. The minimum absolute atomic E-state index is 0.241. The molecule has 0 N–H and O–H groups in total. The van der Waals surface area contributed by atoms with Crippen LogP contribution < -0.4 is 0 Å². The van der Waals surface area contributed by atoms with Crippen molar-refractivity contribution >= 4 is 35.8 Å². The molecule has 6 aliphatic rings. The van der Waals surface area contributed by atoms with Crippen molar-refractivity contribution in [2.75, 3.05) is 29.8 Å². The normalized spacial score (nSPS) is 37.2. The Morgan fingerprint density at radius 1 is 0.491 bits per heavy atom. The van der Waals surface area contributed by atoms with Gasteiger partial charge in [-0.05, 0) is 74.0 Å². The smallest absolute Gasteiger partial charge is 0.433 e. The van der Waals surface area contributed by atoms with Crippen LogP contribution in [0.25, 0.3) is 0 Å².